The summed E-state index contributed by atoms with van der Waals surface area (Å²) < 4.78 is 0. The minimum absolute atomic E-state index is 0.640. The van der Waals surface area contributed by atoms with Gasteiger partial charge in [-0.25, -0.2) is 0 Å². The standard InChI is InChI=1S/C23H16N2/c24-16-17-9-7-8-14-20-21(15-17)23(19-12-5-2-6-13-19)25-22(20)18-10-3-1-4-11-18/h1-15,25H. The van der Waals surface area contributed by atoms with Gasteiger partial charge in [0.2, 0.25) is 0 Å². The Labute approximate surface area is 147 Å². The first-order valence-corrected chi connectivity index (χ1v) is 8.20. The van der Waals surface area contributed by atoms with E-state index in [1.807, 2.05) is 60.7 Å². The van der Waals surface area contributed by atoms with Crippen LogP contribution in [0, 0.1) is 11.3 Å². The van der Waals surface area contributed by atoms with Crippen LogP contribution in [0.5, 0.6) is 0 Å². The van der Waals surface area contributed by atoms with Crippen LogP contribution in [0.15, 0.2) is 84.5 Å². The highest BCUT2D eigenvalue weighted by atomic mass is 14.7. The third-order valence-corrected chi connectivity index (χ3v) is 4.28. The SMILES string of the molecule is N#CC1=Cc2c(-c3ccccc3)[nH]c(-c3ccccc3)c2C=CC=C1. The van der Waals surface area contributed by atoms with Crippen LogP contribution in [0.25, 0.3) is 34.7 Å². The van der Waals surface area contributed by atoms with Crippen molar-refractivity contribution < 1.29 is 0 Å². The van der Waals surface area contributed by atoms with Gasteiger partial charge in [-0.1, -0.05) is 78.9 Å². The maximum atomic E-state index is 9.41. The average Bonchev–Trinajstić information content (AvgIpc) is 3.00. The van der Waals surface area contributed by atoms with Crippen LogP contribution in [-0.2, 0) is 0 Å². The van der Waals surface area contributed by atoms with Crippen molar-refractivity contribution in [1.29, 1.82) is 5.26 Å². The van der Waals surface area contributed by atoms with Crippen molar-refractivity contribution in [2.45, 2.75) is 0 Å². The van der Waals surface area contributed by atoms with Crippen molar-refractivity contribution in [3.8, 4) is 28.6 Å². The van der Waals surface area contributed by atoms with Gasteiger partial charge in [0.15, 0.2) is 0 Å². The number of H-pyrrole nitrogens is 1. The number of rotatable bonds is 2. The number of nitrogens with zero attached hydrogens (tertiary/aromatic N) is 1. The van der Waals surface area contributed by atoms with Crippen molar-refractivity contribution in [2.75, 3.05) is 0 Å². The zero-order valence-electron chi connectivity index (χ0n) is 13.6. The molecule has 2 heteroatoms. The molecule has 118 valence electrons. The van der Waals surface area contributed by atoms with Gasteiger partial charge >= 0.3 is 0 Å². The molecular formula is C23H16N2. The number of aromatic nitrogens is 1. The highest BCUT2D eigenvalue weighted by molar-refractivity contribution is 5.90. The summed E-state index contributed by atoms with van der Waals surface area (Å²) in [6.45, 7) is 0. The number of hydrogen-bond acceptors (Lipinski definition) is 1. The third kappa shape index (κ3) is 2.84. The van der Waals surface area contributed by atoms with Crippen LogP contribution in [0.2, 0.25) is 0 Å². The Kier molecular flexibility index (Phi) is 3.90. The summed E-state index contributed by atoms with van der Waals surface area (Å²) in [5.74, 6) is 0. The molecule has 1 heterocycles. The lowest BCUT2D eigenvalue weighted by Gasteiger charge is -2.04. The van der Waals surface area contributed by atoms with Crippen molar-refractivity contribution in [2.24, 2.45) is 0 Å². The number of aromatic amines is 1. The largest absolute Gasteiger partial charge is 0.354 e. The van der Waals surface area contributed by atoms with Gasteiger partial charge in [0.1, 0.15) is 0 Å². The summed E-state index contributed by atoms with van der Waals surface area (Å²) in [4.78, 5) is 3.59. The molecule has 0 radical (unpaired) electrons. The first-order chi connectivity index (χ1) is 12.4. The van der Waals surface area contributed by atoms with Crippen LogP contribution in [0.4, 0.5) is 0 Å². The predicted molar refractivity (Wildman–Crippen MR) is 103 cm³/mol. The Balaban J connectivity index is 2.03. The molecule has 3 aromatic rings. The van der Waals surface area contributed by atoms with Gasteiger partial charge < -0.3 is 4.98 Å². The van der Waals surface area contributed by atoms with Crippen LogP contribution in [0.3, 0.4) is 0 Å². The van der Waals surface area contributed by atoms with E-state index in [0.29, 0.717) is 5.57 Å². The first-order valence-electron chi connectivity index (χ1n) is 8.20. The van der Waals surface area contributed by atoms with Gasteiger partial charge in [-0.15, -0.1) is 0 Å². The fourth-order valence-electron chi connectivity index (χ4n) is 3.10. The Morgan fingerprint density at radius 3 is 1.84 bits per heavy atom. The van der Waals surface area contributed by atoms with Crippen LogP contribution < -0.4 is 0 Å². The van der Waals surface area contributed by atoms with Crippen molar-refractivity contribution in [3.63, 3.8) is 0 Å². The average molecular weight is 320 g/mol. The van der Waals surface area contributed by atoms with Gasteiger partial charge in [0, 0.05) is 11.1 Å². The fourth-order valence-corrected chi connectivity index (χ4v) is 3.10. The van der Waals surface area contributed by atoms with Crippen molar-refractivity contribution >= 4 is 12.2 Å². The number of fused-ring (bicyclic) bond motifs is 1. The van der Waals surface area contributed by atoms with E-state index in [2.05, 4.69) is 41.4 Å². The second-order valence-electron chi connectivity index (χ2n) is 5.86. The van der Waals surface area contributed by atoms with E-state index in [1.165, 1.54) is 0 Å². The molecule has 1 aliphatic carbocycles. The third-order valence-electron chi connectivity index (χ3n) is 4.28. The number of hydrogen-bond donors (Lipinski definition) is 1. The van der Waals surface area contributed by atoms with Gasteiger partial charge in [0.05, 0.1) is 23.0 Å². The molecule has 0 bridgehead atoms. The molecule has 1 aliphatic rings. The van der Waals surface area contributed by atoms with E-state index >= 15 is 0 Å². The molecule has 0 spiro atoms. The molecular weight excluding hydrogens is 304 g/mol. The topological polar surface area (TPSA) is 39.6 Å². The molecule has 25 heavy (non-hydrogen) atoms. The number of benzene rings is 2. The molecule has 0 fully saturated rings. The van der Waals surface area contributed by atoms with E-state index < -0.39 is 0 Å². The Bertz CT molecular complexity index is 1030. The monoisotopic (exact) mass is 320 g/mol. The fraction of sp³-hybridized carbons (Fsp3) is 0. The van der Waals surface area contributed by atoms with E-state index in [9.17, 15) is 5.26 Å². The Morgan fingerprint density at radius 1 is 0.680 bits per heavy atom. The number of nitriles is 1. The lowest BCUT2D eigenvalue weighted by Crippen LogP contribution is -1.85. The molecule has 0 amide bonds. The van der Waals surface area contributed by atoms with Crippen LogP contribution >= 0.6 is 0 Å². The van der Waals surface area contributed by atoms with E-state index in [1.54, 1.807) is 0 Å². The predicted octanol–water partition coefficient (Wildman–Crippen LogP) is 5.84. The number of nitrogens with one attached hydrogen (secondary N) is 1. The summed E-state index contributed by atoms with van der Waals surface area (Å²) in [6.07, 6.45) is 9.78. The number of allylic oxidation sites excluding steroid dienone is 4. The van der Waals surface area contributed by atoms with Gasteiger partial charge in [-0.05, 0) is 23.3 Å². The second kappa shape index (κ2) is 6.51. The maximum absolute atomic E-state index is 9.41. The van der Waals surface area contributed by atoms with Crippen LogP contribution in [0.1, 0.15) is 11.1 Å². The molecule has 0 unspecified atom stereocenters. The summed E-state index contributed by atoms with van der Waals surface area (Å²) in [5.41, 5.74) is 7.11. The van der Waals surface area contributed by atoms with Crippen molar-refractivity contribution in [1.82, 2.24) is 4.98 Å². The zero-order chi connectivity index (χ0) is 17.1. The highest BCUT2D eigenvalue weighted by Crippen LogP contribution is 2.36. The molecule has 2 nitrogen and oxygen atoms in total. The van der Waals surface area contributed by atoms with Crippen molar-refractivity contribution in [3.05, 3.63) is 95.6 Å². The molecule has 2 aromatic carbocycles. The summed E-state index contributed by atoms with van der Waals surface area (Å²) >= 11 is 0. The highest BCUT2D eigenvalue weighted by Gasteiger charge is 2.17. The zero-order valence-corrected chi connectivity index (χ0v) is 13.6. The van der Waals surface area contributed by atoms with Gasteiger partial charge in [0.25, 0.3) is 0 Å². The lowest BCUT2D eigenvalue weighted by atomic mass is 9.98. The molecule has 1 aromatic heterocycles. The smallest absolute Gasteiger partial charge is 0.0991 e. The van der Waals surface area contributed by atoms with E-state index in [-0.39, 0.29) is 0 Å². The molecule has 0 aliphatic heterocycles. The molecule has 1 N–H and O–H groups in total. The molecule has 4 rings (SSSR count). The summed E-state index contributed by atoms with van der Waals surface area (Å²) in [5, 5.41) is 9.41. The summed E-state index contributed by atoms with van der Waals surface area (Å²) in [7, 11) is 0. The lowest BCUT2D eigenvalue weighted by molar-refractivity contribution is 1.39. The minimum Gasteiger partial charge on any atom is -0.354 e. The maximum Gasteiger partial charge on any atom is 0.0991 e. The second-order valence-corrected chi connectivity index (χ2v) is 5.86. The first kappa shape index (κ1) is 15.0. The molecule has 0 saturated carbocycles. The minimum atomic E-state index is 0.640. The Morgan fingerprint density at radius 2 is 1.24 bits per heavy atom. The van der Waals surface area contributed by atoms with E-state index in [4.69, 9.17) is 0 Å². The van der Waals surface area contributed by atoms with Gasteiger partial charge in [-0.2, -0.15) is 5.26 Å². The molecule has 0 atom stereocenters. The molecule has 0 saturated heterocycles. The normalized spacial score (nSPS) is 12.7. The summed E-state index contributed by atoms with van der Waals surface area (Å²) in [6, 6.07) is 22.8. The van der Waals surface area contributed by atoms with Gasteiger partial charge in [-0.3, -0.25) is 0 Å². The Hall–Kier alpha value is -3.57. The quantitative estimate of drug-likeness (QED) is 0.633. The van der Waals surface area contributed by atoms with Crippen LogP contribution in [-0.4, -0.2) is 4.98 Å². The van der Waals surface area contributed by atoms with E-state index in [0.717, 1.165) is 33.6 Å².